The molecule has 0 unspecified atom stereocenters. The first-order valence-corrected chi connectivity index (χ1v) is 11.3. The molecule has 0 spiro atoms. The van der Waals surface area contributed by atoms with Gasteiger partial charge in [0.15, 0.2) is 0 Å². The number of aryl methyl sites for hydroxylation is 1. The van der Waals surface area contributed by atoms with Crippen LogP contribution in [0.4, 0.5) is 0 Å². The highest BCUT2D eigenvalue weighted by Crippen LogP contribution is 2.32. The Kier molecular flexibility index (Phi) is 7.17. The molecule has 1 aliphatic heterocycles. The molecular formula is C24H20Cl2N4O4. The maximum Gasteiger partial charge on any atom is 0.269 e. The summed E-state index contributed by atoms with van der Waals surface area (Å²) in [4.78, 5) is 30.5. The van der Waals surface area contributed by atoms with Crippen molar-refractivity contribution in [1.82, 2.24) is 14.7 Å². The number of nitriles is 1. The van der Waals surface area contributed by atoms with E-state index in [2.05, 4.69) is 10.3 Å². The van der Waals surface area contributed by atoms with E-state index < -0.39 is 11.5 Å². The van der Waals surface area contributed by atoms with Gasteiger partial charge in [-0.1, -0.05) is 29.3 Å². The predicted molar refractivity (Wildman–Crippen MR) is 128 cm³/mol. The third-order valence-electron chi connectivity index (χ3n) is 5.32. The Morgan fingerprint density at radius 1 is 1.41 bits per heavy atom. The highest BCUT2D eigenvalue weighted by Gasteiger charge is 2.21. The normalized spacial score (nSPS) is 15.8. The van der Waals surface area contributed by atoms with Crippen LogP contribution in [-0.4, -0.2) is 34.5 Å². The molecule has 1 aromatic carbocycles. The lowest BCUT2D eigenvalue weighted by Gasteiger charge is -2.13. The number of nitrogens with zero attached hydrogens (tertiary/aromatic N) is 3. The van der Waals surface area contributed by atoms with E-state index >= 15 is 0 Å². The molecule has 0 saturated carbocycles. The molecule has 1 aliphatic rings. The Labute approximate surface area is 205 Å². The first-order valence-electron chi connectivity index (χ1n) is 10.5. The molecule has 4 rings (SSSR count). The Morgan fingerprint density at radius 2 is 2.24 bits per heavy atom. The molecule has 1 saturated heterocycles. The monoisotopic (exact) mass is 498 g/mol. The summed E-state index contributed by atoms with van der Waals surface area (Å²) in [5.74, 6) is -0.502. The number of hydrogen-bond acceptors (Lipinski definition) is 6. The number of halogens is 2. The number of pyridine rings is 1. The standard InChI is InChI=1S/C24H20Cl2N4O4/c1-14-4-2-8-30-21(14)29-23(34-20-7-6-16(25)11-19(20)26)18(24(30)32)10-15(12-27)22(31)28-13-17-5-3-9-33-17/h2,4,6-8,10-11,17H,3,5,9,13H2,1H3,(H,28,31)/b15-10+/t17-/m1/s1. The number of rotatable bonds is 6. The number of nitrogens with one attached hydrogen (secondary N) is 1. The van der Waals surface area contributed by atoms with E-state index in [0.29, 0.717) is 17.3 Å². The highest BCUT2D eigenvalue weighted by atomic mass is 35.5. The topological polar surface area (TPSA) is 106 Å². The lowest BCUT2D eigenvalue weighted by atomic mass is 10.1. The van der Waals surface area contributed by atoms with E-state index in [0.717, 1.165) is 18.4 Å². The van der Waals surface area contributed by atoms with Crippen molar-refractivity contribution < 1.29 is 14.3 Å². The van der Waals surface area contributed by atoms with Crippen LogP contribution in [0.3, 0.4) is 0 Å². The number of aromatic nitrogens is 2. The Morgan fingerprint density at radius 3 is 2.94 bits per heavy atom. The van der Waals surface area contributed by atoms with Crippen LogP contribution in [0.2, 0.25) is 10.0 Å². The third kappa shape index (κ3) is 5.07. The van der Waals surface area contributed by atoms with E-state index in [-0.39, 0.29) is 40.4 Å². The minimum absolute atomic E-state index is 0.0714. The van der Waals surface area contributed by atoms with Crippen molar-refractivity contribution in [1.29, 1.82) is 5.26 Å². The summed E-state index contributed by atoms with van der Waals surface area (Å²) in [5, 5.41) is 12.9. The second-order valence-electron chi connectivity index (χ2n) is 7.71. The van der Waals surface area contributed by atoms with Gasteiger partial charge in [-0.2, -0.15) is 10.2 Å². The van der Waals surface area contributed by atoms with E-state index in [9.17, 15) is 14.9 Å². The SMILES string of the molecule is Cc1cccn2c(=O)c(/C=C(\C#N)C(=O)NC[C@H]3CCCO3)c(Oc3ccc(Cl)cc3Cl)nc12. The lowest BCUT2D eigenvalue weighted by Crippen LogP contribution is -2.32. The molecule has 1 atom stereocenters. The van der Waals surface area contributed by atoms with Crippen LogP contribution in [0.1, 0.15) is 24.0 Å². The first-order chi connectivity index (χ1) is 16.4. The first kappa shape index (κ1) is 23.8. The van der Waals surface area contributed by atoms with Gasteiger partial charge in [0.1, 0.15) is 28.6 Å². The summed E-state index contributed by atoms with van der Waals surface area (Å²) in [6.07, 6.45) is 4.40. The number of hydrogen-bond donors (Lipinski definition) is 1. The molecule has 1 amide bonds. The van der Waals surface area contributed by atoms with Gasteiger partial charge in [-0.05, 0) is 55.7 Å². The number of fused-ring (bicyclic) bond motifs is 1. The highest BCUT2D eigenvalue weighted by molar-refractivity contribution is 6.35. The van der Waals surface area contributed by atoms with Gasteiger partial charge in [-0.25, -0.2) is 0 Å². The molecule has 174 valence electrons. The number of carbonyl (C=O) groups is 1. The van der Waals surface area contributed by atoms with Crippen LogP contribution in [0.15, 0.2) is 46.9 Å². The van der Waals surface area contributed by atoms with Crippen molar-refractivity contribution >= 4 is 40.8 Å². The molecule has 8 nitrogen and oxygen atoms in total. The zero-order chi connectivity index (χ0) is 24.2. The lowest BCUT2D eigenvalue weighted by molar-refractivity contribution is -0.117. The molecule has 2 aromatic heterocycles. The van der Waals surface area contributed by atoms with Crippen molar-refractivity contribution in [3.8, 4) is 17.7 Å². The summed E-state index contributed by atoms with van der Waals surface area (Å²) in [6.45, 7) is 2.72. The summed E-state index contributed by atoms with van der Waals surface area (Å²) < 4.78 is 12.7. The summed E-state index contributed by atoms with van der Waals surface area (Å²) in [7, 11) is 0. The maximum absolute atomic E-state index is 13.4. The van der Waals surface area contributed by atoms with Crippen LogP contribution in [0, 0.1) is 18.3 Å². The van der Waals surface area contributed by atoms with Crippen LogP contribution < -0.4 is 15.6 Å². The van der Waals surface area contributed by atoms with Crippen molar-refractivity contribution in [3.05, 3.63) is 73.6 Å². The smallest absolute Gasteiger partial charge is 0.269 e. The molecule has 0 bridgehead atoms. The Hall–Kier alpha value is -3.38. The van der Waals surface area contributed by atoms with Gasteiger partial charge in [0.05, 0.1) is 11.1 Å². The van der Waals surface area contributed by atoms with E-state index in [1.165, 1.54) is 16.5 Å². The molecule has 3 heterocycles. The number of amides is 1. The molecule has 1 fully saturated rings. The second-order valence-corrected chi connectivity index (χ2v) is 8.56. The summed E-state index contributed by atoms with van der Waals surface area (Å²) in [5.41, 5.74) is 0.256. The van der Waals surface area contributed by atoms with E-state index in [1.54, 1.807) is 37.4 Å². The van der Waals surface area contributed by atoms with Gasteiger partial charge in [0, 0.05) is 24.4 Å². The van der Waals surface area contributed by atoms with Crippen molar-refractivity contribution in [2.75, 3.05) is 13.2 Å². The fourth-order valence-electron chi connectivity index (χ4n) is 3.56. The van der Waals surface area contributed by atoms with E-state index in [1.807, 2.05) is 6.07 Å². The van der Waals surface area contributed by atoms with Crippen molar-refractivity contribution in [2.45, 2.75) is 25.9 Å². The molecule has 10 heteroatoms. The van der Waals surface area contributed by atoms with Crippen LogP contribution in [-0.2, 0) is 9.53 Å². The summed E-state index contributed by atoms with van der Waals surface area (Å²) >= 11 is 12.2. The molecule has 3 aromatic rings. The number of ether oxygens (including phenoxy) is 2. The second kappa shape index (κ2) is 10.3. The maximum atomic E-state index is 13.4. The minimum Gasteiger partial charge on any atom is -0.437 e. The van der Waals surface area contributed by atoms with Gasteiger partial charge < -0.3 is 14.8 Å². The van der Waals surface area contributed by atoms with Gasteiger partial charge in [0.2, 0.25) is 5.88 Å². The third-order valence-corrected chi connectivity index (χ3v) is 5.85. The van der Waals surface area contributed by atoms with Gasteiger partial charge in [-0.3, -0.25) is 14.0 Å². The van der Waals surface area contributed by atoms with Gasteiger partial charge >= 0.3 is 0 Å². The number of carbonyl (C=O) groups excluding carboxylic acids is 1. The van der Waals surface area contributed by atoms with Gasteiger partial charge in [-0.15, -0.1) is 0 Å². The number of benzene rings is 1. The predicted octanol–water partition coefficient (Wildman–Crippen LogP) is 4.30. The molecule has 0 radical (unpaired) electrons. The Bertz CT molecular complexity index is 1390. The Balaban J connectivity index is 1.78. The van der Waals surface area contributed by atoms with Crippen LogP contribution >= 0.6 is 23.2 Å². The largest absolute Gasteiger partial charge is 0.437 e. The molecule has 0 aliphatic carbocycles. The van der Waals surface area contributed by atoms with Crippen molar-refractivity contribution in [3.63, 3.8) is 0 Å². The zero-order valence-electron chi connectivity index (χ0n) is 18.2. The average molecular weight is 499 g/mol. The fourth-order valence-corrected chi connectivity index (χ4v) is 4.00. The van der Waals surface area contributed by atoms with Crippen LogP contribution in [0.5, 0.6) is 11.6 Å². The van der Waals surface area contributed by atoms with Gasteiger partial charge in [0.25, 0.3) is 11.5 Å². The minimum atomic E-state index is -0.623. The molecule has 1 N–H and O–H groups in total. The average Bonchev–Trinajstić information content (AvgIpc) is 3.34. The zero-order valence-corrected chi connectivity index (χ0v) is 19.7. The molecular weight excluding hydrogens is 479 g/mol. The molecule has 34 heavy (non-hydrogen) atoms. The quantitative estimate of drug-likeness (QED) is 0.401. The van der Waals surface area contributed by atoms with Crippen molar-refractivity contribution in [2.24, 2.45) is 0 Å². The van der Waals surface area contributed by atoms with Crippen LogP contribution in [0.25, 0.3) is 11.7 Å². The fraction of sp³-hybridized carbons (Fsp3) is 0.250. The summed E-state index contributed by atoms with van der Waals surface area (Å²) in [6, 6.07) is 9.97. The van der Waals surface area contributed by atoms with E-state index in [4.69, 9.17) is 32.7 Å².